The minimum atomic E-state index is -3.66. The predicted octanol–water partition coefficient (Wildman–Crippen LogP) is 1.75. The Bertz CT molecular complexity index is 510. The van der Waals surface area contributed by atoms with Gasteiger partial charge in [0.25, 0.3) is 0 Å². The molecular weight excluding hydrogens is 243 g/mol. The molecule has 0 aliphatic heterocycles. The van der Waals surface area contributed by atoms with E-state index in [1.54, 1.807) is 13.8 Å². The number of sulfonamides is 1. The maximum absolute atomic E-state index is 13.5. The average molecular weight is 260 g/mol. The summed E-state index contributed by atoms with van der Waals surface area (Å²) in [5, 5.41) is 0. The minimum Gasteiger partial charge on any atom is -0.399 e. The summed E-state index contributed by atoms with van der Waals surface area (Å²) >= 11 is 0. The predicted molar refractivity (Wildman–Crippen MR) is 65.7 cm³/mol. The fourth-order valence-electron chi connectivity index (χ4n) is 1.64. The maximum Gasteiger partial charge on any atom is 0.243 e. The van der Waals surface area contributed by atoms with Crippen molar-refractivity contribution in [2.75, 3.05) is 18.8 Å². The molecule has 0 heterocycles. The van der Waals surface area contributed by atoms with E-state index < -0.39 is 15.8 Å². The van der Waals surface area contributed by atoms with Gasteiger partial charge >= 0.3 is 0 Å². The van der Waals surface area contributed by atoms with E-state index >= 15 is 0 Å². The second-order valence-electron chi connectivity index (χ2n) is 3.72. The van der Waals surface area contributed by atoms with Crippen LogP contribution in [-0.4, -0.2) is 25.8 Å². The highest BCUT2D eigenvalue weighted by molar-refractivity contribution is 7.89. The first-order chi connectivity index (χ1) is 7.84. The molecule has 0 unspecified atom stereocenters. The van der Waals surface area contributed by atoms with Crippen LogP contribution in [-0.2, 0) is 10.0 Å². The molecule has 0 saturated carbocycles. The number of nitrogens with zero attached hydrogens (tertiary/aromatic N) is 1. The molecule has 4 nitrogen and oxygen atoms in total. The van der Waals surface area contributed by atoms with Crippen LogP contribution in [0.1, 0.15) is 19.4 Å². The van der Waals surface area contributed by atoms with E-state index in [2.05, 4.69) is 0 Å². The van der Waals surface area contributed by atoms with E-state index in [9.17, 15) is 12.8 Å². The van der Waals surface area contributed by atoms with E-state index in [1.807, 2.05) is 0 Å². The summed E-state index contributed by atoms with van der Waals surface area (Å²) in [6, 6.07) is 2.42. The lowest BCUT2D eigenvalue weighted by Gasteiger charge is -2.20. The quantitative estimate of drug-likeness (QED) is 0.839. The summed E-state index contributed by atoms with van der Waals surface area (Å²) in [6.07, 6.45) is 0. The maximum atomic E-state index is 13.5. The van der Waals surface area contributed by atoms with Crippen molar-refractivity contribution in [3.63, 3.8) is 0 Å². The van der Waals surface area contributed by atoms with Gasteiger partial charge in [-0.15, -0.1) is 0 Å². The van der Waals surface area contributed by atoms with E-state index in [4.69, 9.17) is 5.73 Å². The van der Waals surface area contributed by atoms with Crippen LogP contribution >= 0.6 is 0 Å². The van der Waals surface area contributed by atoms with E-state index in [0.29, 0.717) is 13.1 Å². The number of hydrogen-bond acceptors (Lipinski definition) is 3. The van der Waals surface area contributed by atoms with Crippen molar-refractivity contribution in [1.29, 1.82) is 0 Å². The number of nitrogen functional groups attached to an aromatic ring is 1. The third kappa shape index (κ3) is 2.58. The summed E-state index contributed by atoms with van der Waals surface area (Å²) in [4.78, 5) is -0.0568. The molecule has 0 aromatic heterocycles. The fraction of sp³-hybridized carbons (Fsp3) is 0.455. The first-order valence-electron chi connectivity index (χ1n) is 5.40. The summed E-state index contributed by atoms with van der Waals surface area (Å²) in [5.74, 6) is -0.601. The number of hydrogen-bond donors (Lipinski definition) is 1. The third-order valence-corrected chi connectivity index (χ3v) is 4.82. The molecule has 0 saturated heterocycles. The average Bonchev–Trinajstić information content (AvgIpc) is 2.24. The Labute approximate surface area is 101 Å². The Balaban J connectivity index is 3.43. The highest BCUT2D eigenvalue weighted by Crippen LogP contribution is 2.24. The van der Waals surface area contributed by atoms with Crippen LogP contribution in [0.25, 0.3) is 0 Å². The van der Waals surface area contributed by atoms with Gasteiger partial charge in [-0.1, -0.05) is 13.8 Å². The molecule has 0 fully saturated rings. The molecule has 0 amide bonds. The van der Waals surface area contributed by atoms with E-state index in [1.165, 1.54) is 17.3 Å². The minimum absolute atomic E-state index is 0.0568. The Morgan fingerprint density at radius 1 is 1.29 bits per heavy atom. The number of benzene rings is 1. The molecule has 0 bridgehead atoms. The summed E-state index contributed by atoms with van der Waals surface area (Å²) < 4.78 is 39.2. The molecule has 1 rings (SSSR count). The number of halogens is 1. The molecule has 0 spiro atoms. The van der Waals surface area contributed by atoms with Crippen molar-refractivity contribution < 1.29 is 12.8 Å². The number of rotatable bonds is 4. The van der Waals surface area contributed by atoms with Gasteiger partial charge in [0.2, 0.25) is 10.0 Å². The van der Waals surface area contributed by atoms with Crippen LogP contribution < -0.4 is 5.73 Å². The molecule has 0 atom stereocenters. The van der Waals surface area contributed by atoms with E-state index in [-0.39, 0.29) is 16.1 Å². The summed E-state index contributed by atoms with van der Waals surface area (Å²) in [6.45, 7) is 5.59. The highest BCUT2D eigenvalue weighted by atomic mass is 32.2. The van der Waals surface area contributed by atoms with Crippen molar-refractivity contribution in [2.45, 2.75) is 25.7 Å². The monoisotopic (exact) mass is 260 g/mol. The van der Waals surface area contributed by atoms with Gasteiger partial charge < -0.3 is 5.73 Å². The van der Waals surface area contributed by atoms with Gasteiger partial charge in [-0.2, -0.15) is 4.31 Å². The molecule has 1 aromatic carbocycles. The molecule has 0 aliphatic rings. The first-order valence-corrected chi connectivity index (χ1v) is 6.84. The second kappa shape index (κ2) is 5.01. The Morgan fingerprint density at radius 3 is 2.29 bits per heavy atom. The molecular formula is C11H17FN2O2S. The molecule has 1 aromatic rings. The summed E-state index contributed by atoms with van der Waals surface area (Å²) in [7, 11) is -3.66. The molecule has 2 N–H and O–H groups in total. The van der Waals surface area contributed by atoms with Gasteiger partial charge in [-0.05, 0) is 19.1 Å². The van der Waals surface area contributed by atoms with Gasteiger partial charge in [0.05, 0.1) is 4.90 Å². The number of nitrogens with two attached hydrogens (primary N) is 1. The first kappa shape index (κ1) is 13.9. The largest absolute Gasteiger partial charge is 0.399 e. The number of anilines is 1. The Morgan fingerprint density at radius 2 is 1.82 bits per heavy atom. The normalized spacial score (nSPS) is 12.1. The molecule has 17 heavy (non-hydrogen) atoms. The zero-order valence-electron chi connectivity index (χ0n) is 10.2. The molecule has 0 radical (unpaired) electrons. The lowest BCUT2D eigenvalue weighted by Crippen LogP contribution is -2.31. The summed E-state index contributed by atoms with van der Waals surface area (Å²) in [5.41, 5.74) is 5.70. The Kier molecular flexibility index (Phi) is 4.11. The van der Waals surface area contributed by atoms with Crippen molar-refractivity contribution >= 4 is 15.7 Å². The topological polar surface area (TPSA) is 63.4 Å². The third-order valence-electron chi connectivity index (χ3n) is 2.64. The van der Waals surface area contributed by atoms with Crippen LogP contribution in [0.5, 0.6) is 0 Å². The van der Waals surface area contributed by atoms with E-state index in [0.717, 1.165) is 6.07 Å². The van der Waals surface area contributed by atoms with Crippen LogP contribution in [0.2, 0.25) is 0 Å². The van der Waals surface area contributed by atoms with Crippen LogP contribution in [0.3, 0.4) is 0 Å². The van der Waals surface area contributed by atoms with Crippen molar-refractivity contribution in [3.8, 4) is 0 Å². The van der Waals surface area contributed by atoms with Crippen molar-refractivity contribution in [2.24, 2.45) is 0 Å². The second-order valence-corrected chi connectivity index (χ2v) is 5.62. The van der Waals surface area contributed by atoms with Gasteiger partial charge in [0.15, 0.2) is 0 Å². The highest BCUT2D eigenvalue weighted by Gasteiger charge is 2.25. The lowest BCUT2D eigenvalue weighted by atomic mass is 10.2. The zero-order chi connectivity index (χ0) is 13.2. The molecule has 6 heteroatoms. The van der Waals surface area contributed by atoms with Gasteiger partial charge in [0.1, 0.15) is 5.82 Å². The lowest BCUT2D eigenvalue weighted by molar-refractivity contribution is 0.444. The standard InChI is InChI=1S/C11H17FN2O2S/c1-4-14(5-2)17(15,16)11-7-9(13)6-10(12)8(11)3/h6-7H,4-5,13H2,1-3H3. The fourth-order valence-corrected chi connectivity index (χ4v) is 3.37. The zero-order valence-corrected chi connectivity index (χ0v) is 11.0. The SMILES string of the molecule is CCN(CC)S(=O)(=O)c1cc(N)cc(F)c1C. The molecule has 96 valence electrons. The van der Waals surface area contributed by atoms with Gasteiger partial charge in [-0.3, -0.25) is 0 Å². The van der Waals surface area contributed by atoms with Gasteiger partial charge in [-0.25, -0.2) is 12.8 Å². The van der Waals surface area contributed by atoms with Crippen LogP contribution in [0, 0.1) is 12.7 Å². The van der Waals surface area contributed by atoms with Crippen LogP contribution in [0.15, 0.2) is 17.0 Å². The van der Waals surface area contributed by atoms with Gasteiger partial charge in [0, 0.05) is 24.3 Å². The van der Waals surface area contributed by atoms with Crippen LogP contribution in [0.4, 0.5) is 10.1 Å². The van der Waals surface area contributed by atoms with Crippen molar-refractivity contribution in [3.05, 3.63) is 23.5 Å². The Hall–Kier alpha value is -1.14. The molecule has 0 aliphatic carbocycles. The smallest absolute Gasteiger partial charge is 0.243 e. The van der Waals surface area contributed by atoms with Crippen molar-refractivity contribution in [1.82, 2.24) is 4.31 Å².